The molecule has 0 unspecified atom stereocenters. The number of carbonyl (C=O) groups is 1. The smallest absolute Gasteiger partial charge is 0.267 e. The number of pyridine rings is 1. The molecule has 3 rings (SSSR count). The van der Waals surface area contributed by atoms with Crippen molar-refractivity contribution in [2.45, 2.75) is 57.3 Å². The third kappa shape index (κ3) is 4.15. The molecule has 1 fully saturated rings. The van der Waals surface area contributed by atoms with Crippen LogP contribution in [0.5, 0.6) is 0 Å². The molecular formula is C23H32N2O3Si. The van der Waals surface area contributed by atoms with Gasteiger partial charge in [0.1, 0.15) is 5.69 Å². The number of aromatic nitrogens is 1. The zero-order chi connectivity index (χ0) is 21.4. The van der Waals surface area contributed by atoms with E-state index in [4.69, 9.17) is 14.9 Å². The molecule has 1 aromatic heterocycles. The van der Waals surface area contributed by atoms with Crippen molar-refractivity contribution in [3.63, 3.8) is 0 Å². The van der Waals surface area contributed by atoms with E-state index < -0.39 is 14.2 Å². The van der Waals surface area contributed by atoms with Crippen LogP contribution in [0.4, 0.5) is 0 Å². The molecule has 0 radical (unpaired) electrons. The van der Waals surface area contributed by atoms with Gasteiger partial charge >= 0.3 is 0 Å². The molecule has 0 bridgehead atoms. The molecule has 2 aromatic rings. The summed E-state index contributed by atoms with van der Waals surface area (Å²) in [6, 6.07) is 7.78. The van der Waals surface area contributed by atoms with Gasteiger partial charge in [-0.25, -0.2) is 4.98 Å². The monoisotopic (exact) mass is 412 g/mol. The standard InChI is InChI=1S/C23H32N2O3Si/c1-7-15-16-10-8-9-11-18(16)25-21(22(24)26)20(15)17-12-13-27-14-19(17)28-29(5,6)23(2,3)4/h7-11,17,19H,1,12-14H2,2-6H3,(H2,24,26)/t17-,19+/m1/s1. The third-order valence-corrected chi connectivity index (χ3v) is 10.8. The van der Waals surface area contributed by atoms with E-state index in [9.17, 15) is 4.79 Å². The van der Waals surface area contributed by atoms with Gasteiger partial charge in [0, 0.05) is 17.9 Å². The Balaban J connectivity index is 2.17. The number of hydrogen-bond donors (Lipinski definition) is 1. The van der Waals surface area contributed by atoms with E-state index in [1.165, 1.54) is 0 Å². The number of fused-ring (bicyclic) bond motifs is 1. The van der Waals surface area contributed by atoms with Crippen molar-refractivity contribution in [1.82, 2.24) is 4.98 Å². The van der Waals surface area contributed by atoms with Crippen molar-refractivity contribution in [3.8, 4) is 0 Å². The first-order valence-corrected chi connectivity index (χ1v) is 13.1. The average Bonchev–Trinajstić information content (AvgIpc) is 2.65. The second-order valence-corrected chi connectivity index (χ2v) is 14.0. The predicted octanol–water partition coefficient (Wildman–Crippen LogP) is 4.87. The molecule has 2 N–H and O–H groups in total. The highest BCUT2D eigenvalue weighted by Crippen LogP contribution is 2.42. The molecule has 2 heterocycles. The van der Waals surface area contributed by atoms with Crippen molar-refractivity contribution in [2.75, 3.05) is 13.2 Å². The van der Waals surface area contributed by atoms with Crippen LogP contribution >= 0.6 is 0 Å². The highest BCUT2D eigenvalue weighted by Gasteiger charge is 2.43. The number of benzene rings is 1. The highest BCUT2D eigenvalue weighted by atomic mass is 28.4. The van der Waals surface area contributed by atoms with Gasteiger partial charge in [-0.15, -0.1) is 0 Å². The Morgan fingerprint density at radius 2 is 2.03 bits per heavy atom. The fourth-order valence-corrected chi connectivity index (χ4v) is 5.09. The van der Waals surface area contributed by atoms with Crippen LogP contribution in [-0.2, 0) is 9.16 Å². The molecule has 5 nitrogen and oxygen atoms in total. The number of nitrogens with zero attached hydrogens (tertiary/aromatic N) is 1. The molecule has 156 valence electrons. The summed E-state index contributed by atoms with van der Waals surface area (Å²) in [6.07, 6.45) is 2.41. The lowest BCUT2D eigenvalue weighted by atomic mass is 9.83. The first-order valence-electron chi connectivity index (χ1n) is 10.2. The summed E-state index contributed by atoms with van der Waals surface area (Å²) in [6.45, 7) is 16.3. The third-order valence-electron chi connectivity index (χ3n) is 6.34. The first kappa shape index (κ1) is 21.7. The summed E-state index contributed by atoms with van der Waals surface area (Å²) >= 11 is 0. The molecule has 2 atom stereocenters. The van der Waals surface area contributed by atoms with Crippen molar-refractivity contribution in [3.05, 3.63) is 47.7 Å². The fraction of sp³-hybridized carbons (Fsp3) is 0.478. The van der Waals surface area contributed by atoms with Gasteiger partial charge in [-0.05, 0) is 41.7 Å². The lowest BCUT2D eigenvalue weighted by molar-refractivity contribution is -0.0141. The first-order chi connectivity index (χ1) is 13.6. The summed E-state index contributed by atoms with van der Waals surface area (Å²) in [4.78, 5) is 17.0. The minimum Gasteiger partial charge on any atom is -0.411 e. The Labute approximate surface area is 174 Å². The molecule has 0 aliphatic carbocycles. The fourth-order valence-electron chi connectivity index (χ4n) is 3.75. The lowest BCUT2D eigenvalue weighted by Crippen LogP contribution is -2.48. The van der Waals surface area contributed by atoms with Crippen LogP contribution in [0.1, 0.15) is 54.7 Å². The highest BCUT2D eigenvalue weighted by molar-refractivity contribution is 6.74. The van der Waals surface area contributed by atoms with E-state index in [0.29, 0.717) is 18.9 Å². The quantitative estimate of drug-likeness (QED) is 0.711. The lowest BCUT2D eigenvalue weighted by Gasteiger charge is -2.43. The van der Waals surface area contributed by atoms with Crippen LogP contribution < -0.4 is 5.73 Å². The Bertz CT molecular complexity index is 934. The molecule has 0 saturated carbocycles. The number of nitrogens with two attached hydrogens (primary N) is 1. The van der Waals surface area contributed by atoms with Gasteiger partial charge in [0.15, 0.2) is 8.32 Å². The van der Waals surface area contributed by atoms with Gasteiger partial charge in [-0.1, -0.05) is 51.6 Å². The van der Waals surface area contributed by atoms with E-state index in [1.807, 2.05) is 30.3 Å². The number of primary amides is 1. The van der Waals surface area contributed by atoms with E-state index >= 15 is 0 Å². The van der Waals surface area contributed by atoms with Gasteiger partial charge in [-0.3, -0.25) is 4.79 Å². The maximum absolute atomic E-state index is 12.4. The SMILES string of the molecule is C=Cc1c([C@@H]2CCOC[C@@H]2O[Si](C)(C)C(C)(C)C)c(C(N)=O)nc2ccccc12. The number of amides is 1. The number of rotatable bonds is 5. The normalized spacial score (nSPS) is 20.6. The van der Waals surface area contributed by atoms with Gasteiger partial charge in [0.2, 0.25) is 0 Å². The van der Waals surface area contributed by atoms with Crippen LogP contribution in [0, 0.1) is 0 Å². The van der Waals surface area contributed by atoms with E-state index in [1.54, 1.807) is 0 Å². The Morgan fingerprint density at radius 1 is 1.34 bits per heavy atom. The molecule has 1 aliphatic rings. The predicted molar refractivity (Wildman–Crippen MR) is 121 cm³/mol. The summed E-state index contributed by atoms with van der Waals surface area (Å²) in [5, 5.41) is 1.05. The second kappa shape index (κ2) is 8.01. The van der Waals surface area contributed by atoms with Gasteiger partial charge in [-0.2, -0.15) is 0 Å². The van der Waals surface area contributed by atoms with Crippen molar-refractivity contribution in [1.29, 1.82) is 0 Å². The van der Waals surface area contributed by atoms with E-state index in [2.05, 4.69) is 45.4 Å². The maximum Gasteiger partial charge on any atom is 0.267 e. The minimum atomic E-state index is -2.04. The molecule has 1 aliphatic heterocycles. The molecule has 1 aromatic carbocycles. The minimum absolute atomic E-state index is 0.0227. The summed E-state index contributed by atoms with van der Waals surface area (Å²) in [7, 11) is -2.04. The Hall–Kier alpha value is -2.02. The van der Waals surface area contributed by atoms with Crippen LogP contribution in [0.2, 0.25) is 18.1 Å². The molecule has 29 heavy (non-hydrogen) atoms. The molecule has 0 spiro atoms. The van der Waals surface area contributed by atoms with Crippen LogP contribution in [0.25, 0.3) is 17.0 Å². The Kier molecular flexibility index (Phi) is 5.99. The van der Waals surface area contributed by atoms with Gasteiger partial charge in [0.25, 0.3) is 5.91 Å². The maximum atomic E-state index is 12.4. The molecule has 6 heteroatoms. The number of hydrogen-bond acceptors (Lipinski definition) is 4. The van der Waals surface area contributed by atoms with Crippen molar-refractivity contribution in [2.24, 2.45) is 5.73 Å². The van der Waals surface area contributed by atoms with Gasteiger partial charge < -0.3 is 14.9 Å². The summed E-state index contributed by atoms with van der Waals surface area (Å²) in [5.74, 6) is -0.545. The molecular weight excluding hydrogens is 380 g/mol. The zero-order valence-corrected chi connectivity index (χ0v) is 19.1. The number of para-hydroxylation sites is 1. The van der Waals surface area contributed by atoms with Crippen LogP contribution in [-0.4, -0.2) is 38.5 Å². The summed E-state index contributed by atoms with van der Waals surface area (Å²) in [5.41, 5.74) is 8.60. The number of ether oxygens (including phenoxy) is 1. The topological polar surface area (TPSA) is 74.4 Å². The summed E-state index contributed by atoms with van der Waals surface area (Å²) < 4.78 is 12.5. The van der Waals surface area contributed by atoms with Gasteiger partial charge in [0.05, 0.1) is 18.2 Å². The van der Waals surface area contributed by atoms with E-state index in [0.717, 1.165) is 28.5 Å². The van der Waals surface area contributed by atoms with Crippen molar-refractivity contribution >= 4 is 31.2 Å². The second-order valence-electron chi connectivity index (χ2n) is 9.26. The molecule has 1 amide bonds. The number of carbonyl (C=O) groups excluding carboxylic acids is 1. The largest absolute Gasteiger partial charge is 0.411 e. The van der Waals surface area contributed by atoms with Crippen LogP contribution in [0.3, 0.4) is 0 Å². The van der Waals surface area contributed by atoms with E-state index in [-0.39, 0.29) is 17.1 Å². The molecule has 1 saturated heterocycles. The van der Waals surface area contributed by atoms with Crippen LogP contribution in [0.15, 0.2) is 30.8 Å². The zero-order valence-electron chi connectivity index (χ0n) is 18.1. The Morgan fingerprint density at radius 3 is 2.66 bits per heavy atom. The average molecular weight is 413 g/mol. The van der Waals surface area contributed by atoms with Crippen molar-refractivity contribution < 1.29 is 14.0 Å².